The number of benzene rings is 1. The Morgan fingerprint density at radius 2 is 2.08 bits per heavy atom. The zero-order chi connectivity index (χ0) is 17.9. The van der Waals surface area contributed by atoms with Crippen LogP contribution in [0.2, 0.25) is 0 Å². The molecule has 0 aliphatic rings. The molecule has 0 atom stereocenters. The Hall–Kier alpha value is -2.67. The summed E-state index contributed by atoms with van der Waals surface area (Å²) in [5.74, 6) is -0.312. The van der Waals surface area contributed by atoms with Crippen LogP contribution in [-0.2, 0) is 38.7 Å². The average molecular weight is 328 g/mol. The highest BCUT2D eigenvalue weighted by atomic mass is 17.2. The third-order valence-electron chi connectivity index (χ3n) is 3.50. The minimum Gasteiger partial charge on any atom is -0.469 e. The normalized spacial score (nSPS) is 9.83. The van der Waals surface area contributed by atoms with E-state index in [0.29, 0.717) is 12.0 Å². The number of methoxy groups -OCH3 is 1. The molecule has 0 spiro atoms. The number of ether oxygens (including phenoxy) is 1. The van der Waals surface area contributed by atoms with Gasteiger partial charge < -0.3 is 9.58 Å². The van der Waals surface area contributed by atoms with Gasteiger partial charge >= 0.3 is 5.97 Å². The third kappa shape index (κ3) is 5.51. The highest BCUT2D eigenvalue weighted by Crippen LogP contribution is 2.25. The molecule has 0 N–H and O–H groups in total. The van der Waals surface area contributed by atoms with Crippen molar-refractivity contribution in [3.05, 3.63) is 52.4 Å². The first-order chi connectivity index (χ1) is 11.6. The number of aryl methyl sites for hydroxylation is 1. The van der Waals surface area contributed by atoms with Gasteiger partial charge in [0.2, 0.25) is 6.54 Å². The van der Waals surface area contributed by atoms with E-state index in [1.54, 1.807) is 0 Å². The van der Waals surface area contributed by atoms with Gasteiger partial charge in [-0.15, -0.1) is 0 Å². The lowest BCUT2D eigenvalue weighted by atomic mass is 9.91. The number of rotatable bonds is 9. The molecule has 0 radical (unpaired) electrons. The standard InChI is InChI=1S/C18H20N2O4/c1-13(12-24-23-4)17-10-16(11-20-2)14(5-6-18(21)22-3)9-15(17)7-8-19/h9-10H,1,5-7,11-12H2,3-4H3. The van der Waals surface area contributed by atoms with Crippen molar-refractivity contribution in [2.24, 2.45) is 0 Å². The van der Waals surface area contributed by atoms with E-state index in [1.807, 2.05) is 12.1 Å². The fourth-order valence-electron chi connectivity index (χ4n) is 2.31. The summed E-state index contributed by atoms with van der Waals surface area (Å²) in [6.07, 6.45) is 0.878. The molecule has 1 aromatic rings. The Bertz CT molecular complexity index is 683. The summed E-state index contributed by atoms with van der Waals surface area (Å²) < 4.78 is 4.66. The van der Waals surface area contributed by atoms with Gasteiger partial charge in [0.05, 0.1) is 26.7 Å². The number of nitriles is 1. The van der Waals surface area contributed by atoms with Crippen LogP contribution in [0.25, 0.3) is 10.4 Å². The lowest BCUT2D eigenvalue weighted by Gasteiger charge is -2.14. The number of esters is 1. The second-order valence-corrected chi connectivity index (χ2v) is 5.04. The zero-order valence-electron chi connectivity index (χ0n) is 13.9. The SMILES string of the molecule is [C-]#[N+]Cc1cc(C(=C)COOC)c(CC#N)cc1CCC(=O)OC. The Morgan fingerprint density at radius 1 is 1.33 bits per heavy atom. The molecule has 1 rings (SSSR count). The molecule has 0 aliphatic carbocycles. The van der Waals surface area contributed by atoms with Crippen LogP contribution in [0.1, 0.15) is 28.7 Å². The lowest BCUT2D eigenvalue weighted by molar-refractivity contribution is -0.261. The fourth-order valence-corrected chi connectivity index (χ4v) is 2.31. The largest absolute Gasteiger partial charge is 0.469 e. The molecular weight excluding hydrogens is 308 g/mol. The van der Waals surface area contributed by atoms with Gasteiger partial charge in [0.15, 0.2) is 0 Å². The van der Waals surface area contributed by atoms with Gasteiger partial charge in [-0.3, -0.25) is 4.79 Å². The molecule has 0 saturated heterocycles. The molecule has 0 saturated carbocycles. The molecular formula is C18H20N2O4. The van der Waals surface area contributed by atoms with E-state index >= 15 is 0 Å². The number of nitrogens with zero attached hydrogens (tertiary/aromatic N) is 2. The molecule has 0 heterocycles. The number of hydrogen-bond donors (Lipinski definition) is 0. The van der Waals surface area contributed by atoms with E-state index in [1.165, 1.54) is 14.2 Å². The van der Waals surface area contributed by atoms with Crippen molar-refractivity contribution >= 4 is 11.5 Å². The van der Waals surface area contributed by atoms with Crippen LogP contribution in [0.3, 0.4) is 0 Å². The van der Waals surface area contributed by atoms with E-state index < -0.39 is 0 Å². The Kier molecular flexibility index (Phi) is 8.21. The van der Waals surface area contributed by atoms with Crippen molar-refractivity contribution in [3.8, 4) is 6.07 Å². The first-order valence-corrected chi connectivity index (χ1v) is 7.32. The highest BCUT2D eigenvalue weighted by Gasteiger charge is 2.15. The monoisotopic (exact) mass is 328 g/mol. The number of carbonyl (C=O) groups excluding carboxylic acids is 1. The molecule has 0 amide bonds. The summed E-state index contributed by atoms with van der Waals surface area (Å²) in [6.45, 7) is 11.4. The molecule has 126 valence electrons. The quantitative estimate of drug-likeness (QED) is 0.302. The summed E-state index contributed by atoms with van der Waals surface area (Å²) in [6, 6.07) is 5.83. The molecule has 6 heteroatoms. The summed E-state index contributed by atoms with van der Waals surface area (Å²) in [5, 5.41) is 9.06. The zero-order valence-corrected chi connectivity index (χ0v) is 13.9. The third-order valence-corrected chi connectivity index (χ3v) is 3.50. The molecule has 0 aliphatic heterocycles. The summed E-state index contributed by atoms with van der Waals surface area (Å²) >= 11 is 0. The van der Waals surface area contributed by atoms with Crippen molar-refractivity contribution in [2.45, 2.75) is 25.8 Å². The first kappa shape index (κ1) is 19.4. The fraction of sp³-hybridized carbons (Fsp3) is 0.389. The van der Waals surface area contributed by atoms with Gasteiger partial charge in [0, 0.05) is 12.0 Å². The molecule has 0 fully saturated rings. The predicted octanol–water partition coefficient (Wildman–Crippen LogP) is 2.87. The minimum atomic E-state index is -0.312. The maximum atomic E-state index is 11.4. The van der Waals surface area contributed by atoms with Crippen LogP contribution in [0.15, 0.2) is 18.7 Å². The van der Waals surface area contributed by atoms with E-state index in [9.17, 15) is 4.79 Å². The molecule has 0 bridgehead atoms. The Balaban J connectivity index is 3.22. The molecule has 0 aromatic heterocycles. The first-order valence-electron chi connectivity index (χ1n) is 7.32. The van der Waals surface area contributed by atoms with Crippen molar-refractivity contribution in [1.29, 1.82) is 5.26 Å². The topological polar surface area (TPSA) is 72.9 Å². The lowest BCUT2D eigenvalue weighted by Crippen LogP contribution is -2.07. The van der Waals surface area contributed by atoms with Gasteiger partial charge in [-0.05, 0) is 34.8 Å². The summed E-state index contributed by atoms with van der Waals surface area (Å²) in [5.41, 5.74) is 3.90. The predicted molar refractivity (Wildman–Crippen MR) is 88.4 cm³/mol. The van der Waals surface area contributed by atoms with Crippen LogP contribution in [-0.4, -0.2) is 26.8 Å². The summed E-state index contributed by atoms with van der Waals surface area (Å²) in [7, 11) is 2.75. The van der Waals surface area contributed by atoms with Crippen molar-refractivity contribution < 1.29 is 19.3 Å². The highest BCUT2D eigenvalue weighted by molar-refractivity contribution is 5.71. The van der Waals surface area contributed by atoms with E-state index in [0.717, 1.165) is 22.3 Å². The smallest absolute Gasteiger partial charge is 0.305 e. The van der Waals surface area contributed by atoms with Crippen molar-refractivity contribution in [2.75, 3.05) is 20.8 Å². The molecule has 24 heavy (non-hydrogen) atoms. The van der Waals surface area contributed by atoms with Crippen LogP contribution >= 0.6 is 0 Å². The second kappa shape index (κ2) is 10.2. The van der Waals surface area contributed by atoms with Crippen LogP contribution < -0.4 is 0 Å². The van der Waals surface area contributed by atoms with E-state index in [-0.39, 0.29) is 32.0 Å². The summed E-state index contributed by atoms with van der Waals surface area (Å²) in [4.78, 5) is 24.3. The van der Waals surface area contributed by atoms with Crippen LogP contribution in [0.5, 0.6) is 0 Å². The number of hydrogen-bond acceptors (Lipinski definition) is 5. The van der Waals surface area contributed by atoms with Crippen LogP contribution in [0, 0.1) is 17.9 Å². The Labute approximate surface area is 142 Å². The van der Waals surface area contributed by atoms with Crippen LogP contribution in [0.4, 0.5) is 0 Å². The molecule has 0 unspecified atom stereocenters. The van der Waals surface area contributed by atoms with E-state index in [4.69, 9.17) is 16.7 Å². The second-order valence-electron chi connectivity index (χ2n) is 5.04. The Morgan fingerprint density at radius 3 is 2.67 bits per heavy atom. The molecule has 6 nitrogen and oxygen atoms in total. The van der Waals surface area contributed by atoms with Crippen molar-refractivity contribution in [1.82, 2.24) is 0 Å². The minimum absolute atomic E-state index is 0.161. The van der Waals surface area contributed by atoms with Gasteiger partial charge in [-0.25, -0.2) is 16.3 Å². The molecule has 1 aromatic carbocycles. The van der Waals surface area contributed by atoms with Gasteiger partial charge in [-0.1, -0.05) is 12.6 Å². The maximum Gasteiger partial charge on any atom is 0.305 e. The maximum absolute atomic E-state index is 11.4. The van der Waals surface area contributed by atoms with Gasteiger partial charge in [0.25, 0.3) is 0 Å². The van der Waals surface area contributed by atoms with Crippen molar-refractivity contribution in [3.63, 3.8) is 0 Å². The average Bonchev–Trinajstić information content (AvgIpc) is 2.59. The van der Waals surface area contributed by atoms with Gasteiger partial charge in [0.1, 0.15) is 6.61 Å². The van der Waals surface area contributed by atoms with E-state index in [2.05, 4.69) is 27.1 Å². The van der Waals surface area contributed by atoms with Gasteiger partial charge in [-0.2, -0.15) is 5.26 Å². The number of carbonyl (C=O) groups is 1.